The van der Waals surface area contributed by atoms with Crippen LogP contribution in [0, 0.1) is 6.92 Å². The lowest BCUT2D eigenvalue weighted by Crippen LogP contribution is -2.29. The van der Waals surface area contributed by atoms with Crippen LogP contribution in [0.5, 0.6) is 0 Å². The van der Waals surface area contributed by atoms with Crippen molar-refractivity contribution >= 4 is 17.5 Å². The first kappa shape index (κ1) is 17.3. The summed E-state index contributed by atoms with van der Waals surface area (Å²) in [6, 6.07) is 4.57. The zero-order valence-electron chi connectivity index (χ0n) is 12.3. The second-order valence-electron chi connectivity index (χ2n) is 5.06. The maximum absolute atomic E-state index is 12.4. The van der Waals surface area contributed by atoms with Gasteiger partial charge in [-0.1, -0.05) is 29.8 Å². The summed E-state index contributed by atoms with van der Waals surface area (Å²) in [6.07, 6.45) is -4.61. The molecule has 1 heterocycles. The van der Waals surface area contributed by atoms with Crippen LogP contribution in [0.1, 0.15) is 35.7 Å². The molecule has 0 radical (unpaired) electrons. The van der Waals surface area contributed by atoms with Crippen molar-refractivity contribution in [3.05, 3.63) is 46.0 Å². The summed E-state index contributed by atoms with van der Waals surface area (Å²) in [4.78, 5) is 15.4. The molecule has 23 heavy (non-hydrogen) atoms. The van der Waals surface area contributed by atoms with Gasteiger partial charge >= 0.3 is 6.18 Å². The average molecular weight is 347 g/mol. The number of halogens is 4. The number of nitrogens with one attached hydrogen (secondary N) is 2. The first-order valence-electron chi connectivity index (χ1n) is 6.71. The molecule has 0 bridgehead atoms. The average Bonchev–Trinajstić information content (AvgIpc) is 2.93. The lowest BCUT2D eigenvalue weighted by atomic mass is 10.1. The molecule has 0 aliphatic rings. The van der Waals surface area contributed by atoms with E-state index in [1.165, 1.54) is 6.92 Å². The first-order chi connectivity index (χ1) is 10.7. The van der Waals surface area contributed by atoms with E-state index in [0.29, 0.717) is 10.6 Å². The number of alkyl halides is 3. The van der Waals surface area contributed by atoms with Crippen LogP contribution in [0.25, 0.3) is 0 Å². The molecule has 0 fully saturated rings. The van der Waals surface area contributed by atoms with Gasteiger partial charge in [0.05, 0.1) is 12.5 Å². The minimum atomic E-state index is -4.63. The molecule has 2 N–H and O–H groups in total. The Morgan fingerprint density at radius 3 is 2.74 bits per heavy atom. The summed E-state index contributed by atoms with van der Waals surface area (Å²) in [5.41, 5.74) is 1.49. The van der Waals surface area contributed by atoms with Gasteiger partial charge in [-0.15, -0.1) is 5.10 Å². The number of carbonyl (C=O) groups excluding carboxylic acids is 1. The van der Waals surface area contributed by atoms with Gasteiger partial charge in [-0.25, -0.2) is 4.98 Å². The Balaban J connectivity index is 2.02. The molecule has 1 unspecified atom stereocenters. The van der Waals surface area contributed by atoms with E-state index in [4.69, 9.17) is 11.6 Å². The third kappa shape index (κ3) is 4.22. The van der Waals surface area contributed by atoms with Crippen LogP contribution < -0.4 is 5.32 Å². The highest BCUT2D eigenvalue weighted by atomic mass is 35.5. The molecule has 0 aliphatic carbocycles. The SMILES string of the molecule is Cc1cccc(CC(=O)NC(C)c2nc(C(F)(F)F)n[nH]2)c1Cl. The summed E-state index contributed by atoms with van der Waals surface area (Å²) >= 11 is 6.11. The first-order valence-corrected chi connectivity index (χ1v) is 7.09. The van der Waals surface area contributed by atoms with Crippen LogP contribution >= 0.6 is 11.6 Å². The fourth-order valence-electron chi connectivity index (χ4n) is 1.97. The Bertz CT molecular complexity index is 714. The smallest absolute Gasteiger partial charge is 0.346 e. The van der Waals surface area contributed by atoms with Crippen LogP contribution in [0.3, 0.4) is 0 Å². The van der Waals surface area contributed by atoms with Crippen molar-refractivity contribution in [3.8, 4) is 0 Å². The highest BCUT2D eigenvalue weighted by Gasteiger charge is 2.36. The van der Waals surface area contributed by atoms with Gasteiger partial charge in [-0.3, -0.25) is 9.89 Å². The minimum Gasteiger partial charge on any atom is -0.346 e. The standard InChI is InChI=1S/C14H14ClF3N4O/c1-7-4-3-5-9(11(7)15)6-10(23)19-8(2)12-20-13(22-21-12)14(16,17)18/h3-5,8H,6H2,1-2H3,(H,19,23)(H,20,21,22). The molecule has 9 heteroatoms. The van der Waals surface area contributed by atoms with Crippen LogP contribution in [0.15, 0.2) is 18.2 Å². The van der Waals surface area contributed by atoms with Crippen LogP contribution in [-0.2, 0) is 17.4 Å². The molecule has 0 spiro atoms. The second-order valence-corrected chi connectivity index (χ2v) is 5.43. The predicted molar refractivity (Wildman–Crippen MR) is 77.8 cm³/mol. The molecule has 1 atom stereocenters. The number of benzene rings is 1. The van der Waals surface area contributed by atoms with Gasteiger partial charge in [0.25, 0.3) is 5.82 Å². The van der Waals surface area contributed by atoms with E-state index in [-0.39, 0.29) is 18.2 Å². The van der Waals surface area contributed by atoms with Gasteiger partial charge in [0, 0.05) is 5.02 Å². The van der Waals surface area contributed by atoms with Gasteiger partial charge in [0.2, 0.25) is 5.91 Å². The number of amides is 1. The molecule has 2 aromatic rings. The van der Waals surface area contributed by atoms with E-state index in [2.05, 4.69) is 20.5 Å². The topological polar surface area (TPSA) is 70.7 Å². The van der Waals surface area contributed by atoms with Crippen molar-refractivity contribution in [3.63, 3.8) is 0 Å². The number of nitrogens with zero attached hydrogens (tertiary/aromatic N) is 2. The van der Waals surface area contributed by atoms with Crippen LogP contribution in [0.4, 0.5) is 13.2 Å². The molecule has 0 aliphatic heterocycles. The maximum Gasteiger partial charge on any atom is 0.453 e. The summed E-state index contributed by atoms with van der Waals surface area (Å²) < 4.78 is 37.3. The van der Waals surface area contributed by atoms with E-state index in [0.717, 1.165) is 5.56 Å². The Labute approximate surface area is 135 Å². The van der Waals surface area contributed by atoms with E-state index in [1.54, 1.807) is 12.1 Å². The zero-order chi connectivity index (χ0) is 17.2. The molecule has 2 rings (SSSR count). The molecule has 124 valence electrons. The number of hydrogen-bond donors (Lipinski definition) is 2. The highest BCUT2D eigenvalue weighted by molar-refractivity contribution is 6.32. The Morgan fingerprint density at radius 2 is 2.13 bits per heavy atom. The van der Waals surface area contributed by atoms with E-state index in [1.807, 2.05) is 13.0 Å². The Morgan fingerprint density at radius 1 is 1.43 bits per heavy atom. The Hall–Kier alpha value is -2.09. The molecule has 0 saturated carbocycles. The van der Waals surface area contributed by atoms with Gasteiger partial charge in [-0.2, -0.15) is 13.2 Å². The summed E-state index contributed by atoms with van der Waals surface area (Å²) in [6.45, 7) is 3.33. The van der Waals surface area contributed by atoms with Crippen molar-refractivity contribution in [2.45, 2.75) is 32.5 Å². The monoisotopic (exact) mass is 346 g/mol. The highest BCUT2D eigenvalue weighted by Crippen LogP contribution is 2.26. The zero-order valence-corrected chi connectivity index (χ0v) is 13.1. The number of aryl methyl sites for hydroxylation is 1. The predicted octanol–water partition coefficient (Wildman–Crippen LogP) is 3.21. The van der Waals surface area contributed by atoms with Crippen LogP contribution in [-0.4, -0.2) is 21.1 Å². The van der Waals surface area contributed by atoms with E-state index >= 15 is 0 Å². The van der Waals surface area contributed by atoms with Crippen molar-refractivity contribution in [2.24, 2.45) is 0 Å². The number of H-pyrrole nitrogens is 1. The van der Waals surface area contributed by atoms with Gasteiger partial charge in [0.1, 0.15) is 5.82 Å². The summed E-state index contributed by atoms with van der Waals surface area (Å²) in [5, 5.41) is 8.32. The third-order valence-electron chi connectivity index (χ3n) is 3.17. The maximum atomic E-state index is 12.4. The fraction of sp³-hybridized carbons (Fsp3) is 0.357. The molecule has 1 aromatic carbocycles. The van der Waals surface area contributed by atoms with Crippen molar-refractivity contribution < 1.29 is 18.0 Å². The number of carbonyl (C=O) groups is 1. The summed E-state index contributed by atoms with van der Waals surface area (Å²) in [5.74, 6) is -1.72. The Kier molecular flexibility index (Phi) is 4.93. The minimum absolute atomic E-state index is 0.0190. The van der Waals surface area contributed by atoms with Gasteiger partial charge in [-0.05, 0) is 25.0 Å². The van der Waals surface area contributed by atoms with Gasteiger partial charge < -0.3 is 5.32 Å². The molecule has 1 amide bonds. The van der Waals surface area contributed by atoms with Gasteiger partial charge in [0.15, 0.2) is 0 Å². The number of aromatic amines is 1. The van der Waals surface area contributed by atoms with Crippen LogP contribution in [0.2, 0.25) is 5.02 Å². The quantitative estimate of drug-likeness (QED) is 0.893. The van der Waals surface area contributed by atoms with Crippen molar-refractivity contribution in [2.75, 3.05) is 0 Å². The molecular formula is C14H14ClF3N4O. The fourth-order valence-corrected chi connectivity index (χ4v) is 2.17. The third-order valence-corrected chi connectivity index (χ3v) is 3.71. The largest absolute Gasteiger partial charge is 0.453 e. The lowest BCUT2D eigenvalue weighted by Gasteiger charge is -2.12. The molecule has 5 nitrogen and oxygen atoms in total. The summed E-state index contributed by atoms with van der Waals surface area (Å²) in [7, 11) is 0. The normalized spacial score (nSPS) is 13.0. The number of rotatable bonds is 4. The lowest BCUT2D eigenvalue weighted by molar-refractivity contribution is -0.144. The second kappa shape index (κ2) is 6.57. The number of aromatic nitrogens is 3. The van der Waals surface area contributed by atoms with E-state index < -0.39 is 18.0 Å². The van der Waals surface area contributed by atoms with Crippen molar-refractivity contribution in [1.29, 1.82) is 0 Å². The van der Waals surface area contributed by atoms with Crippen molar-refractivity contribution in [1.82, 2.24) is 20.5 Å². The molecular weight excluding hydrogens is 333 g/mol. The molecule has 1 aromatic heterocycles. The molecule has 0 saturated heterocycles. The van der Waals surface area contributed by atoms with E-state index in [9.17, 15) is 18.0 Å². The number of hydrogen-bond acceptors (Lipinski definition) is 3.